The third-order valence-corrected chi connectivity index (χ3v) is 1.54. The summed E-state index contributed by atoms with van der Waals surface area (Å²) in [5.41, 5.74) is 1.90. The fourth-order valence-corrected chi connectivity index (χ4v) is 0.866. The monoisotopic (exact) mass is 170 g/mol. The Morgan fingerprint density at radius 2 is 2.08 bits per heavy atom. The largest absolute Gasteiger partial charge is 0.393 e. The smallest absolute Gasteiger partial charge is 0.0845 e. The molecule has 0 rings (SSSR count). The van der Waals surface area contributed by atoms with E-state index in [-0.39, 0.29) is 6.61 Å². The van der Waals surface area contributed by atoms with Crippen LogP contribution in [0.3, 0.4) is 0 Å². The Morgan fingerprint density at radius 3 is 2.42 bits per heavy atom. The van der Waals surface area contributed by atoms with Gasteiger partial charge in [-0.1, -0.05) is 13.0 Å². The molecule has 0 aliphatic carbocycles. The van der Waals surface area contributed by atoms with E-state index in [2.05, 4.69) is 17.6 Å². The van der Waals surface area contributed by atoms with Crippen LogP contribution < -0.4 is 10.6 Å². The molecule has 0 saturated carbocycles. The Morgan fingerprint density at radius 1 is 1.42 bits per heavy atom. The van der Waals surface area contributed by atoms with Crippen molar-refractivity contribution in [2.45, 2.75) is 20.3 Å². The second-order valence-electron chi connectivity index (χ2n) is 2.41. The molecule has 3 heteroatoms. The summed E-state index contributed by atoms with van der Waals surface area (Å²) in [5.74, 6) is 0. The van der Waals surface area contributed by atoms with E-state index in [1.165, 1.54) is 0 Å². The van der Waals surface area contributed by atoms with E-state index < -0.39 is 0 Å². The van der Waals surface area contributed by atoms with Gasteiger partial charge in [0.25, 0.3) is 0 Å². The lowest BCUT2D eigenvalue weighted by Gasteiger charge is -2.10. The third-order valence-electron chi connectivity index (χ3n) is 1.54. The normalized spacial score (nSPS) is 13.0. The summed E-state index contributed by atoms with van der Waals surface area (Å²) in [7, 11) is 1.80. The first-order valence-electron chi connectivity index (χ1n) is 4.17. The first-order chi connectivity index (χ1) is 5.78. The summed E-state index contributed by atoms with van der Waals surface area (Å²) < 4.78 is 0. The number of aliphatic hydroxyl groups excluding tert-OH is 1. The van der Waals surface area contributed by atoms with E-state index in [1.807, 2.05) is 13.0 Å². The number of hydrogen-bond acceptors (Lipinski definition) is 3. The van der Waals surface area contributed by atoms with Crippen LogP contribution in [0, 0.1) is 0 Å². The highest BCUT2D eigenvalue weighted by molar-refractivity contribution is 5.09. The molecule has 0 heterocycles. The summed E-state index contributed by atoms with van der Waals surface area (Å²) in [6.45, 7) is 4.06. The van der Waals surface area contributed by atoms with Crippen molar-refractivity contribution in [3.05, 3.63) is 23.7 Å². The van der Waals surface area contributed by atoms with Crippen LogP contribution in [-0.2, 0) is 0 Å². The zero-order valence-corrected chi connectivity index (χ0v) is 8.02. The molecule has 0 saturated heterocycles. The summed E-state index contributed by atoms with van der Waals surface area (Å²) in [6.07, 6.45) is 4.69. The maximum absolute atomic E-state index is 8.90. The first kappa shape index (κ1) is 11.0. The van der Waals surface area contributed by atoms with Gasteiger partial charge < -0.3 is 15.7 Å². The molecule has 0 atom stereocenters. The third kappa shape index (κ3) is 4.03. The lowest BCUT2D eigenvalue weighted by Crippen LogP contribution is -2.17. The van der Waals surface area contributed by atoms with Crippen molar-refractivity contribution in [2.75, 3.05) is 13.7 Å². The van der Waals surface area contributed by atoms with Crippen molar-refractivity contribution in [3.8, 4) is 0 Å². The van der Waals surface area contributed by atoms with Crippen molar-refractivity contribution >= 4 is 0 Å². The van der Waals surface area contributed by atoms with Crippen LogP contribution in [0.25, 0.3) is 0 Å². The van der Waals surface area contributed by atoms with E-state index in [0.29, 0.717) is 0 Å². The zero-order chi connectivity index (χ0) is 9.40. The number of aliphatic hydroxyl groups is 1. The Labute approximate surface area is 74.2 Å². The molecular weight excluding hydrogens is 152 g/mol. The molecule has 0 aliphatic heterocycles. The Hall–Kier alpha value is -0.960. The molecule has 3 nitrogen and oxygen atoms in total. The van der Waals surface area contributed by atoms with Gasteiger partial charge in [0.2, 0.25) is 0 Å². The quantitative estimate of drug-likeness (QED) is 0.575. The van der Waals surface area contributed by atoms with Crippen molar-refractivity contribution in [1.82, 2.24) is 10.6 Å². The fourth-order valence-electron chi connectivity index (χ4n) is 0.866. The van der Waals surface area contributed by atoms with Crippen molar-refractivity contribution in [3.63, 3.8) is 0 Å². The number of nitrogens with one attached hydrogen (secondary N) is 2. The molecule has 0 aromatic rings. The number of rotatable bonds is 5. The summed E-state index contributed by atoms with van der Waals surface area (Å²) in [6, 6.07) is 0. The minimum absolute atomic E-state index is 0.0260. The number of hydrogen-bond donors (Lipinski definition) is 3. The molecule has 0 amide bonds. The molecule has 0 unspecified atom stereocenters. The van der Waals surface area contributed by atoms with Crippen LogP contribution in [0.5, 0.6) is 0 Å². The lowest BCUT2D eigenvalue weighted by molar-refractivity contribution is 0.323. The molecule has 0 spiro atoms. The van der Waals surface area contributed by atoms with Gasteiger partial charge in [0.15, 0.2) is 0 Å². The van der Waals surface area contributed by atoms with Crippen molar-refractivity contribution in [2.24, 2.45) is 0 Å². The predicted octanol–water partition coefficient (Wildman–Crippen LogP) is 0.943. The van der Waals surface area contributed by atoms with Gasteiger partial charge in [0.1, 0.15) is 0 Å². The van der Waals surface area contributed by atoms with E-state index >= 15 is 0 Å². The van der Waals surface area contributed by atoms with Crippen molar-refractivity contribution in [1.29, 1.82) is 0 Å². The van der Waals surface area contributed by atoms with E-state index in [0.717, 1.165) is 17.8 Å². The zero-order valence-electron chi connectivity index (χ0n) is 8.02. The van der Waals surface area contributed by atoms with Gasteiger partial charge in [-0.15, -0.1) is 0 Å². The molecule has 3 N–H and O–H groups in total. The molecule has 0 bridgehead atoms. The average Bonchev–Trinajstić information content (AvgIpc) is 2.12. The molecule has 0 aromatic carbocycles. The van der Waals surface area contributed by atoms with Crippen molar-refractivity contribution < 1.29 is 5.11 Å². The molecule has 70 valence electrons. The summed E-state index contributed by atoms with van der Waals surface area (Å²) in [4.78, 5) is 0. The van der Waals surface area contributed by atoms with Gasteiger partial charge in [-0.3, -0.25) is 0 Å². The van der Waals surface area contributed by atoms with Gasteiger partial charge in [-0.25, -0.2) is 0 Å². The van der Waals surface area contributed by atoms with Crippen LogP contribution in [0.15, 0.2) is 23.7 Å². The second-order valence-corrected chi connectivity index (χ2v) is 2.41. The first-order valence-corrected chi connectivity index (χ1v) is 4.17. The maximum atomic E-state index is 8.90. The van der Waals surface area contributed by atoms with E-state index in [1.54, 1.807) is 13.2 Å². The van der Waals surface area contributed by atoms with Crippen LogP contribution in [0.4, 0.5) is 0 Å². The van der Waals surface area contributed by atoms with Gasteiger partial charge in [-0.2, -0.15) is 0 Å². The predicted molar refractivity (Wildman–Crippen MR) is 51.4 cm³/mol. The highest BCUT2D eigenvalue weighted by atomic mass is 16.3. The minimum Gasteiger partial charge on any atom is -0.393 e. The van der Waals surface area contributed by atoms with Gasteiger partial charge >= 0.3 is 0 Å². The number of allylic oxidation sites excluding steroid dienone is 2. The SMILES string of the molecule is C/C=C(\CC)N/C(=C\NC)CO. The molecule has 0 fully saturated rings. The molecule has 0 radical (unpaired) electrons. The van der Waals surface area contributed by atoms with Crippen LogP contribution in [0.1, 0.15) is 20.3 Å². The average molecular weight is 170 g/mol. The highest BCUT2D eigenvalue weighted by Crippen LogP contribution is 1.98. The Bertz CT molecular complexity index is 173. The van der Waals surface area contributed by atoms with Crippen LogP contribution in [-0.4, -0.2) is 18.8 Å². The Balaban J connectivity index is 4.10. The molecular formula is C9H18N2O. The van der Waals surface area contributed by atoms with Gasteiger partial charge in [0, 0.05) is 18.9 Å². The van der Waals surface area contributed by atoms with E-state index in [4.69, 9.17) is 5.11 Å². The molecule has 12 heavy (non-hydrogen) atoms. The maximum Gasteiger partial charge on any atom is 0.0845 e. The highest BCUT2D eigenvalue weighted by Gasteiger charge is 1.95. The Kier molecular flexibility index (Phi) is 6.19. The van der Waals surface area contributed by atoms with E-state index in [9.17, 15) is 0 Å². The minimum atomic E-state index is 0.0260. The van der Waals surface area contributed by atoms with Crippen LogP contribution >= 0.6 is 0 Å². The fraction of sp³-hybridized carbons (Fsp3) is 0.556. The molecule has 0 aliphatic rings. The summed E-state index contributed by atoms with van der Waals surface area (Å²) >= 11 is 0. The summed E-state index contributed by atoms with van der Waals surface area (Å²) in [5, 5.41) is 14.9. The van der Waals surface area contributed by atoms with Gasteiger partial charge in [0.05, 0.1) is 12.3 Å². The van der Waals surface area contributed by atoms with Crippen LogP contribution in [0.2, 0.25) is 0 Å². The standard InChI is InChI=1S/C9H18N2O/c1-4-8(5-2)11-9(7-12)6-10-3/h4,6,10-12H,5,7H2,1-3H3/b8-4+,9-6-. The van der Waals surface area contributed by atoms with Gasteiger partial charge in [-0.05, 0) is 13.3 Å². The second kappa shape index (κ2) is 6.73. The molecule has 0 aromatic heterocycles. The topological polar surface area (TPSA) is 44.3 Å². The lowest BCUT2D eigenvalue weighted by atomic mass is 10.3.